The van der Waals surface area contributed by atoms with Crippen molar-refractivity contribution in [3.05, 3.63) is 95.4 Å². The number of hydrogen-bond donors (Lipinski definition) is 1. The van der Waals surface area contributed by atoms with Crippen LogP contribution in [0.3, 0.4) is 0 Å². The average Bonchev–Trinajstić information content (AvgIpc) is 3.35. The van der Waals surface area contributed by atoms with Crippen molar-refractivity contribution in [2.24, 2.45) is 5.73 Å². The van der Waals surface area contributed by atoms with Crippen LogP contribution < -0.4 is 5.73 Å². The van der Waals surface area contributed by atoms with Crippen molar-refractivity contribution >= 4 is 39.3 Å². The highest BCUT2D eigenvalue weighted by Gasteiger charge is 2.17. The summed E-state index contributed by atoms with van der Waals surface area (Å²) in [6, 6.07) is 21.6. The molecule has 0 fully saturated rings. The number of halogens is 1. The van der Waals surface area contributed by atoms with Crippen molar-refractivity contribution in [1.29, 1.82) is 0 Å². The molecule has 0 saturated heterocycles. The first-order valence-electron chi connectivity index (χ1n) is 9.23. The van der Waals surface area contributed by atoms with Gasteiger partial charge >= 0.3 is 0 Å². The second kappa shape index (κ2) is 6.83. The molecule has 5 rings (SSSR count). The number of amides is 1. The third-order valence-electron chi connectivity index (χ3n) is 5.25. The van der Waals surface area contributed by atoms with Crippen LogP contribution in [-0.4, -0.2) is 10.5 Å². The normalized spacial score (nSPS) is 11.3. The Bertz CT molecular complexity index is 1350. The zero-order chi connectivity index (χ0) is 20.0. The van der Waals surface area contributed by atoms with Crippen LogP contribution in [0.1, 0.15) is 15.9 Å². The molecule has 2 N–H and O–H groups in total. The summed E-state index contributed by atoms with van der Waals surface area (Å²) in [5.41, 5.74) is 11.4. The van der Waals surface area contributed by atoms with Crippen molar-refractivity contribution in [1.82, 2.24) is 4.57 Å². The maximum atomic E-state index is 12.1. The van der Waals surface area contributed by atoms with Crippen LogP contribution in [0.15, 0.2) is 83.7 Å². The van der Waals surface area contributed by atoms with Gasteiger partial charge in [0.25, 0.3) is 0 Å². The fourth-order valence-electron chi connectivity index (χ4n) is 3.91. The topological polar surface area (TPSA) is 61.2 Å². The van der Waals surface area contributed by atoms with E-state index < -0.39 is 5.91 Å². The fraction of sp³-hybridized carbons (Fsp3) is 0.0417. The molecule has 0 aliphatic carbocycles. The number of rotatable bonds is 4. The van der Waals surface area contributed by atoms with E-state index in [2.05, 4.69) is 22.8 Å². The van der Waals surface area contributed by atoms with E-state index in [0.29, 0.717) is 17.1 Å². The van der Waals surface area contributed by atoms with Crippen LogP contribution in [0.4, 0.5) is 0 Å². The molecule has 1 amide bonds. The molecule has 0 aliphatic heterocycles. The molecule has 142 valence electrons. The summed E-state index contributed by atoms with van der Waals surface area (Å²) in [7, 11) is 0. The third kappa shape index (κ3) is 2.98. The molecule has 4 nitrogen and oxygen atoms in total. The summed E-state index contributed by atoms with van der Waals surface area (Å²) in [5, 5.41) is 2.58. The van der Waals surface area contributed by atoms with Gasteiger partial charge in [-0.3, -0.25) is 4.79 Å². The lowest BCUT2D eigenvalue weighted by Gasteiger charge is -2.08. The van der Waals surface area contributed by atoms with E-state index in [0.717, 1.165) is 38.5 Å². The molecule has 0 unspecified atom stereocenters. The number of carbonyl (C=O) groups excluding carboxylic acids is 1. The van der Waals surface area contributed by atoms with Gasteiger partial charge in [0, 0.05) is 26.9 Å². The lowest BCUT2D eigenvalue weighted by Crippen LogP contribution is -2.11. The number of fused-ring (bicyclic) bond motifs is 3. The van der Waals surface area contributed by atoms with Gasteiger partial charge in [-0.2, -0.15) is 0 Å². The Morgan fingerprint density at radius 1 is 0.966 bits per heavy atom. The summed E-state index contributed by atoms with van der Waals surface area (Å²) in [4.78, 5) is 12.1. The Hall–Kier alpha value is -3.50. The predicted molar refractivity (Wildman–Crippen MR) is 116 cm³/mol. The number of furan rings is 1. The summed E-state index contributed by atoms with van der Waals surface area (Å²) < 4.78 is 7.45. The number of nitrogens with zero attached hydrogens (tertiary/aromatic N) is 1. The quantitative estimate of drug-likeness (QED) is 0.411. The van der Waals surface area contributed by atoms with Crippen molar-refractivity contribution in [2.75, 3.05) is 0 Å². The first kappa shape index (κ1) is 17.6. The van der Waals surface area contributed by atoms with Crippen molar-refractivity contribution in [3.63, 3.8) is 0 Å². The van der Waals surface area contributed by atoms with Gasteiger partial charge in [0.2, 0.25) is 5.91 Å². The summed E-state index contributed by atoms with van der Waals surface area (Å²) in [6.07, 6.45) is 3.40. The van der Waals surface area contributed by atoms with Gasteiger partial charge in [-0.1, -0.05) is 41.9 Å². The maximum Gasteiger partial charge on any atom is 0.249 e. The van der Waals surface area contributed by atoms with Crippen molar-refractivity contribution in [2.45, 2.75) is 6.54 Å². The highest BCUT2D eigenvalue weighted by atomic mass is 35.5. The lowest BCUT2D eigenvalue weighted by molar-refractivity contribution is 0.100. The molecule has 2 heterocycles. The fourth-order valence-corrected chi connectivity index (χ4v) is 4.03. The van der Waals surface area contributed by atoms with Gasteiger partial charge < -0.3 is 14.7 Å². The highest BCUT2D eigenvalue weighted by Crippen LogP contribution is 2.35. The summed E-state index contributed by atoms with van der Waals surface area (Å²) in [6.45, 7) is 0.628. The number of nitrogens with two attached hydrogens (primary N) is 1. The van der Waals surface area contributed by atoms with Crippen LogP contribution >= 0.6 is 11.6 Å². The number of benzene rings is 3. The number of primary amides is 1. The Balaban J connectivity index is 1.81. The third-order valence-corrected chi connectivity index (χ3v) is 5.51. The van der Waals surface area contributed by atoms with Gasteiger partial charge in [0.1, 0.15) is 0 Å². The van der Waals surface area contributed by atoms with Crippen LogP contribution in [0.2, 0.25) is 5.02 Å². The molecule has 0 bridgehead atoms. The average molecular weight is 401 g/mol. The molecule has 0 saturated carbocycles. The maximum absolute atomic E-state index is 12.1. The predicted octanol–water partition coefficient (Wildman–Crippen LogP) is 5.86. The second-order valence-electron chi connectivity index (χ2n) is 7.02. The molecule has 29 heavy (non-hydrogen) atoms. The monoisotopic (exact) mass is 400 g/mol. The minimum Gasteiger partial charge on any atom is -0.472 e. The standard InChI is InChI=1S/C24H17ClN2O2/c25-18-7-4-16(5-8-18)17-6-9-19-22(12-17)27(13-15-10-11-29-14-15)21-3-1-2-20(23(19)21)24(26)28/h1-12,14H,13H2,(H2,26,28). The molecular weight excluding hydrogens is 384 g/mol. The second-order valence-corrected chi connectivity index (χ2v) is 7.46. The van der Waals surface area contributed by atoms with E-state index in [1.807, 2.05) is 42.5 Å². The molecule has 0 atom stereocenters. The van der Waals surface area contributed by atoms with Gasteiger partial charge in [-0.05, 0) is 47.5 Å². The number of aromatic nitrogens is 1. The molecule has 5 aromatic rings. The molecule has 2 aromatic heterocycles. The zero-order valence-electron chi connectivity index (χ0n) is 15.4. The Labute approximate surface area is 172 Å². The minimum absolute atomic E-state index is 0.431. The largest absolute Gasteiger partial charge is 0.472 e. The SMILES string of the molecule is NC(=O)c1cccc2c1c1ccc(-c3ccc(Cl)cc3)cc1n2Cc1ccoc1. The summed E-state index contributed by atoms with van der Waals surface area (Å²) >= 11 is 6.04. The smallest absolute Gasteiger partial charge is 0.249 e. The molecular formula is C24H17ClN2O2. The van der Waals surface area contributed by atoms with Gasteiger partial charge in [0.15, 0.2) is 0 Å². The van der Waals surface area contributed by atoms with E-state index in [4.69, 9.17) is 21.8 Å². The van der Waals surface area contributed by atoms with Crippen molar-refractivity contribution in [3.8, 4) is 11.1 Å². The summed E-state index contributed by atoms with van der Waals surface area (Å²) in [5.74, 6) is -0.431. The van der Waals surface area contributed by atoms with E-state index in [9.17, 15) is 4.79 Å². The van der Waals surface area contributed by atoms with Crippen LogP contribution in [0, 0.1) is 0 Å². The Morgan fingerprint density at radius 3 is 2.48 bits per heavy atom. The van der Waals surface area contributed by atoms with E-state index in [-0.39, 0.29) is 0 Å². The molecule has 5 heteroatoms. The van der Waals surface area contributed by atoms with Crippen LogP contribution in [0.5, 0.6) is 0 Å². The van der Waals surface area contributed by atoms with Crippen molar-refractivity contribution < 1.29 is 9.21 Å². The van der Waals surface area contributed by atoms with Gasteiger partial charge in [-0.15, -0.1) is 0 Å². The number of hydrogen-bond acceptors (Lipinski definition) is 2. The molecule has 0 radical (unpaired) electrons. The minimum atomic E-state index is -0.431. The first-order valence-corrected chi connectivity index (χ1v) is 9.61. The first-order chi connectivity index (χ1) is 14.1. The highest BCUT2D eigenvalue weighted by molar-refractivity contribution is 6.30. The molecule has 0 spiro atoms. The van der Waals surface area contributed by atoms with E-state index >= 15 is 0 Å². The molecule has 0 aliphatic rings. The Kier molecular flexibility index (Phi) is 4.14. The Morgan fingerprint density at radius 2 is 1.76 bits per heavy atom. The van der Waals surface area contributed by atoms with Gasteiger partial charge in [0.05, 0.1) is 30.1 Å². The molecule has 3 aromatic carbocycles. The number of carbonyl (C=O) groups is 1. The van der Waals surface area contributed by atoms with Crippen LogP contribution in [-0.2, 0) is 6.54 Å². The van der Waals surface area contributed by atoms with E-state index in [1.165, 1.54) is 0 Å². The van der Waals surface area contributed by atoms with E-state index in [1.54, 1.807) is 18.6 Å². The lowest BCUT2D eigenvalue weighted by atomic mass is 10.0. The van der Waals surface area contributed by atoms with Gasteiger partial charge in [-0.25, -0.2) is 0 Å². The zero-order valence-corrected chi connectivity index (χ0v) is 16.2. The van der Waals surface area contributed by atoms with Crippen LogP contribution in [0.25, 0.3) is 32.9 Å².